The summed E-state index contributed by atoms with van der Waals surface area (Å²) in [5.74, 6) is 0.865. The largest absolute Gasteiger partial charge is 0.496 e. The van der Waals surface area contributed by atoms with Crippen LogP contribution in [-0.4, -0.2) is 76.0 Å². The lowest BCUT2D eigenvalue weighted by atomic mass is 10.1. The molecule has 0 bridgehead atoms. The third-order valence-electron chi connectivity index (χ3n) is 4.09. The number of amides is 1. The van der Waals surface area contributed by atoms with E-state index in [9.17, 15) is 13.2 Å². The van der Waals surface area contributed by atoms with Gasteiger partial charge in [-0.3, -0.25) is 9.69 Å². The zero-order valence-corrected chi connectivity index (χ0v) is 14.7. The van der Waals surface area contributed by atoms with E-state index < -0.39 is 9.84 Å². The topological polar surface area (TPSA) is 66.9 Å². The van der Waals surface area contributed by atoms with Gasteiger partial charge in [-0.1, -0.05) is 6.07 Å². The summed E-state index contributed by atoms with van der Waals surface area (Å²) in [6, 6.07) is 5.47. The number of sulfone groups is 1. The fourth-order valence-corrected chi connectivity index (χ4v) is 3.19. The Morgan fingerprint density at radius 2 is 1.87 bits per heavy atom. The zero-order chi connectivity index (χ0) is 17.0. The maximum Gasteiger partial charge on any atom is 0.254 e. The number of carbonyl (C=O) groups is 1. The molecular weight excluding hydrogens is 316 g/mol. The zero-order valence-electron chi connectivity index (χ0n) is 13.9. The Morgan fingerprint density at radius 3 is 2.43 bits per heavy atom. The number of carbonyl (C=O) groups excluding carboxylic acids is 1. The Balaban J connectivity index is 1.93. The van der Waals surface area contributed by atoms with Gasteiger partial charge in [-0.2, -0.15) is 0 Å². The lowest BCUT2D eigenvalue weighted by Crippen LogP contribution is -2.49. The number of nitrogens with zero attached hydrogens (tertiary/aromatic N) is 2. The van der Waals surface area contributed by atoms with Crippen LogP contribution >= 0.6 is 0 Å². The van der Waals surface area contributed by atoms with Crippen LogP contribution in [0.1, 0.15) is 15.9 Å². The molecule has 0 saturated carbocycles. The first-order valence-electron chi connectivity index (χ1n) is 7.64. The third kappa shape index (κ3) is 4.94. The van der Waals surface area contributed by atoms with E-state index in [1.165, 1.54) is 6.26 Å². The number of hydrogen-bond donors (Lipinski definition) is 0. The molecule has 6 nitrogen and oxygen atoms in total. The minimum absolute atomic E-state index is 0.00827. The molecule has 128 valence electrons. The van der Waals surface area contributed by atoms with Crippen LogP contribution in [0.3, 0.4) is 0 Å². The first kappa shape index (κ1) is 17.7. The van der Waals surface area contributed by atoms with Gasteiger partial charge in [0, 0.05) is 44.5 Å². The van der Waals surface area contributed by atoms with Crippen LogP contribution < -0.4 is 4.74 Å². The van der Waals surface area contributed by atoms with Crippen molar-refractivity contribution in [3.8, 4) is 5.75 Å². The highest BCUT2D eigenvalue weighted by Gasteiger charge is 2.23. The molecule has 0 radical (unpaired) electrons. The van der Waals surface area contributed by atoms with Crippen LogP contribution in [0.5, 0.6) is 5.75 Å². The van der Waals surface area contributed by atoms with E-state index in [1.807, 2.05) is 19.1 Å². The number of benzene rings is 1. The van der Waals surface area contributed by atoms with Crippen LogP contribution in [0.2, 0.25) is 0 Å². The van der Waals surface area contributed by atoms with Gasteiger partial charge in [0.05, 0.1) is 12.9 Å². The molecule has 2 rings (SSSR count). The minimum Gasteiger partial charge on any atom is -0.496 e. The highest BCUT2D eigenvalue weighted by atomic mass is 32.2. The molecule has 0 atom stereocenters. The van der Waals surface area contributed by atoms with Gasteiger partial charge in [-0.15, -0.1) is 0 Å². The Labute approximate surface area is 137 Å². The van der Waals surface area contributed by atoms with Gasteiger partial charge < -0.3 is 9.64 Å². The summed E-state index contributed by atoms with van der Waals surface area (Å²) in [6.45, 7) is 5.08. The Morgan fingerprint density at radius 1 is 1.22 bits per heavy atom. The summed E-state index contributed by atoms with van der Waals surface area (Å²) < 4.78 is 27.7. The number of piperazine rings is 1. The molecule has 1 aliphatic rings. The third-order valence-corrected chi connectivity index (χ3v) is 5.02. The average molecular weight is 340 g/mol. The van der Waals surface area contributed by atoms with Gasteiger partial charge in [0.15, 0.2) is 0 Å². The van der Waals surface area contributed by atoms with Crippen LogP contribution in [0, 0.1) is 6.92 Å². The van der Waals surface area contributed by atoms with Crippen molar-refractivity contribution in [2.24, 2.45) is 0 Å². The van der Waals surface area contributed by atoms with Gasteiger partial charge in [0.25, 0.3) is 5.91 Å². The van der Waals surface area contributed by atoms with Crippen LogP contribution in [0.15, 0.2) is 18.2 Å². The summed E-state index contributed by atoms with van der Waals surface area (Å²) in [7, 11) is -1.35. The number of rotatable bonds is 5. The molecule has 1 fully saturated rings. The standard InChI is InChI=1S/C16H24N2O4S/c1-13-4-5-14(12-15(13)22-2)16(19)18-8-6-17(7-9-18)10-11-23(3,20)21/h4-5,12H,6-11H2,1-3H3. The van der Waals surface area contributed by atoms with Crippen molar-refractivity contribution in [1.29, 1.82) is 0 Å². The second-order valence-electron chi connectivity index (χ2n) is 5.95. The van der Waals surface area contributed by atoms with Crippen molar-refractivity contribution >= 4 is 15.7 Å². The van der Waals surface area contributed by atoms with Crippen molar-refractivity contribution in [2.75, 3.05) is 51.8 Å². The second kappa shape index (κ2) is 7.31. The van der Waals surface area contributed by atoms with Crippen LogP contribution in [0.4, 0.5) is 0 Å². The van der Waals surface area contributed by atoms with Crippen molar-refractivity contribution < 1.29 is 17.9 Å². The average Bonchev–Trinajstić information content (AvgIpc) is 2.52. The van der Waals surface area contributed by atoms with Gasteiger partial charge in [0.1, 0.15) is 15.6 Å². The van der Waals surface area contributed by atoms with Crippen molar-refractivity contribution in [3.63, 3.8) is 0 Å². The molecule has 1 aromatic carbocycles. The van der Waals surface area contributed by atoms with E-state index in [-0.39, 0.29) is 11.7 Å². The van der Waals surface area contributed by atoms with Gasteiger partial charge >= 0.3 is 0 Å². The van der Waals surface area contributed by atoms with E-state index in [0.29, 0.717) is 44.0 Å². The van der Waals surface area contributed by atoms with E-state index >= 15 is 0 Å². The first-order chi connectivity index (χ1) is 10.8. The van der Waals surface area contributed by atoms with E-state index in [4.69, 9.17) is 4.74 Å². The quantitative estimate of drug-likeness (QED) is 0.793. The summed E-state index contributed by atoms with van der Waals surface area (Å²) in [6.07, 6.45) is 1.25. The summed E-state index contributed by atoms with van der Waals surface area (Å²) in [4.78, 5) is 16.4. The smallest absolute Gasteiger partial charge is 0.254 e. The molecule has 1 amide bonds. The second-order valence-corrected chi connectivity index (χ2v) is 8.21. The number of methoxy groups -OCH3 is 1. The maximum absolute atomic E-state index is 12.6. The van der Waals surface area contributed by atoms with E-state index in [2.05, 4.69) is 4.90 Å². The SMILES string of the molecule is COc1cc(C(=O)N2CCN(CCS(C)(=O)=O)CC2)ccc1C. The fourth-order valence-electron chi connectivity index (χ4n) is 2.61. The molecule has 23 heavy (non-hydrogen) atoms. The molecule has 0 unspecified atom stereocenters. The summed E-state index contributed by atoms with van der Waals surface area (Å²) >= 11 is 0. The molecule has 1 aliphatic heterocycles. The number of hydrogen-bond acceptors (Lipinski definition) is 5. The highest BCUT2D eigenvalue weighted by molar-refractivity contribution is 7.90. The predicted molar refractivity (Wildman–Crippen MR) is 89.8 cm³/mol. The molecule has 0 aliphatic carbocycles. The number of aryl methyl sites for hydroxylation is 1. The molecule has 1 saturated heterocycles. The van der Waals surface area contributed by atoms with Crippen LogP contribution in [-0.2, 0) is 9.84 Å². The molecule has 0 spiro atoms. The normalized spacial score (nSPS) is 16.4. The predicted octanol–water partition coefficient (Wildman–Crippen LogP) is 0.806. The van der Waals surface area contributed by atoms with Crippen molar-refractivity contribution in [1.82, 2.24) is 9.80 Å². The molecular formula is C16H24N2O4S. The van der Waals surface area contributed by atoms with E-state index in [0.717, 1.165) is 5.56 Å². The molecule has 0 N–H and O–H groups in total. The monoisotopic (exact) mass is 340 g/mol. The number of ether oxygens (including phenoxy) is 1. The van der Waals surface area contributed by atoms with Crippen molar-refractivity contribution in [3.05, 3.63) is 29.3 Å². The van der Waals surface area contributed by atoms with Crippen LogP contribution in [0.25, 0.3) is 0 Å². The van der Waals surface area contributed by atoms with Gasteiger partial charge in [0.2, 0.25) is 0 Å². The minimum atomic E-state index is -2.94. The molecule has 7 heteroatoms. The maximum atomic E-state index is 12.6. The summed E-state index contributed by atoms with van der Waals surface area (Å²) in [5.41, 5.74) is 1.62. The lowest BCUT2D eigenvalue weighted by molar-refractivity contribution is 0.0643. The van der Waals surface area contributed by atoms with Gasteiger partial charge in [-0.05, 0) is 24.6 Å². The fraction of sp³-hybridized carbons (Fsp3) is 0.562. The molecule has 0 aromatic heterocycles. The highest BCUT2D eigenvalue weighted by Crippen LogP contribution is 2.20. The molecule has 1 heterocycles. The van der Waals surface area contributed by atoms with Crippen molar-refractivity contribution in [2.45, 2.75) is 6.92 Å². The lowest BCUT2D eigenvalue weighted by Gasteiger charge is -2.34. The Kier molecular flexibility index (Phi) is 5.64. The Bertz CT molecular complexity index is 665. The molecule has 1 aromatic rings. The summed E-state index contributed by atoms with van der Waals surface area (Å²) in [5, 5.41) is 0. The first-order valence-corrected chi connectivity index (χ1v) is 9.70. The van der Waals surface area contributed by atoms with Gasteiger partial charge in [-0.25, -0.2) is 8.42 Å². The van der Waals surface area contributed by atoms with E-state index in [1.54, 1.807) is 18.1 Å². The Hall–Kier alpha value is -1.60.